The van der Waals surface area contributed by atoms with Gasteiger partial charge in [-0.3, -0.25) is 14.4 Å². The summed E-state index contributed by atoms with van der Waals surface area (Å²) in [5, 5.41) is 11.0. The van der Waals surface area contributed by atoms with Crippen LogP contribution in [-0.4, -0.2) is 36.5 Å². The van der Waals surface area contributed by atoms with E-state index in [2.05, 4.69) is 15.5 Å². The van der Waals surface area contributed by atoms with E-state index in [9.17, 15) is 17.6 Å². The van der Waals surface area contributed by atoms with Gasteiger partial charge in [-0.05, 0) is 36.1 Å². The molecule has 0 aliphatic rings. The van der Waals surface area contributed by atoms with Gasteiger partial charge in [-0.2, -0.15) is 0 Å². The van der Waals surface area contributed by atoms with Gasteiger partial charge in [0.2, 0.25) is 15.2 Å². The molecule has 0 saturated heterocycles. The number of benzene rings is 2. The predicted molar refractivity (Wildman–Crippen MR) is 118 cm³/mol. The molecule has 2 aromatic carbocycles. The van der Waals surface area contributed by atoms with Crippen LogP contribution in [0.5, 0.6) is 0 Å². The number of nitrogens with zero attached hydrogens (tertiary/aromatic N) is 3. The fourth-order valence-electron chi connectivity index (χ4n) is 2.57. The van der Waals surface area contributed by atoms with Crippen molar-refractivity contribution in [2.24, 2.45) is 0 Å². The molecule has 0 aliphatic carbocycles. The quantitative estimate of drug-likeness (QED) is 0.398. The third kappa shape index (κ3) is 5.55. The van der Waals surface area contributed by atoms with Gasteiger partial charge in [0.05, 0.1) is 18.5 Å². The van der Waals surface area contributed by atoms with Gasteiger partial charge in [-0.1, -0.05) is 48.2 Å². The lowest BCUT2D eigenvalue weighted by Crippen LogP contribution is -2.29. The maximum Gasteiger partial charge on any atom is 0.257 e. The molecular weight excluding hydrogens is 447 g/mol. The lowest BCUT2D eigenvalue weighted by atomic mass is 10.1. The van der Waals surface area contributed by atoms with Crippen LogP contribution in [0, 0.1) is 5.82 Å². The maximum atomic E-state index is 14.0. The number of hydrogen-bond acceptors (Lipinski definition) is 7. The standard InChI is InChI=1S/C19H19FN4O3S3/c1-3-28-19-23-22-18(29-19)21-17(25)13-8-10-15(11-9-13)24(30(2,26)27)12-14-6-4-5-7-16(14)20/h4-11H,3,12H2,1-2H3,(H,21,22,25). The van der Waals surface area contributed by atoms with E-state index < -0.39 is 15.8 Å². The fraction of sp³-hybridized carbons (Fsp3) is 0.211. The number of amides is 1. The minimum absolute atomic E-state index is 0.153. The Morgan fingerprint density at radius 2 is 1.87 bits per heavy atom. The molecule has 3 rings (SSSR count). The number of rotatable bonds is 8. The number of halogens is 1. The van der Waals surface area contributed by atoms with Crippen LogP contribution in [-0.2, 0) is 16.6 Å². The second-order valence-electron chi connectivity index (χ2n) is 6.17. The van der Waals surface area contributed by atoms with Crippen molar-refractivity contribution in [3.63, 3.8) is 0 Å². The highest BCUT2D eigenvalue weighted by Gasteiger charge is 2.20. The third-order valence-corrected chi connectivity index (χ3v) is 6.98. The van der Waals surface area contributed by atoms with Crippen molar-refractivity contribution in [2.45, 2.75) is 17.8 Å². The van der Waals surface area contributed by atoms with Crippen molar-refractivity contribution >= 4 is 49.8 Å². The van der Waals surface area contributed by atoms with Crippen molar-refractivity contribution in [2.75, 3.05) is 21.6 Å². The molecule has 1 amide bonds. The van der Waals surface area contributed by atoms with Gasteiger partial charge in [0.15, 0.2) is 4.34 Å². The highest BCUT2D eigenvalue weighted by Crippen LogP contribution is 2.26. The Hall–Kier alpha value is -2.50. The van der Waals surface area contributed by atoms with E-state index in [1.54, 1.807) is 12.1 Å². The topological polar surface area (TPSA) is 92.3 Å². The Morgan fingerprint density at radius 1 is 1.17 bits per heavy atom. The van der Waals surface area contributed by atoms with Crippen LogP contribution >= 0.6 is 23.1 Å². The van der Waals surface area contributed by atoms with Crippen molar-refractivity contribution in [3.8, 4) is 0 Å². The summed E-state index contributed by atoms with van der Waals surface area (Å²) in [6, 6.07) is 12.0. The van der Waals surface area contributed by atoms with Crippen LogP contribution in [0.1, 0.15) is 22.8 Å². The average molecular weight is 467 g/mol. The summed E-state index contributed by atoms with van der Waals surface area (Å²) in [6.45, 7) is 1.84. The zero-order chi connectivity index (χ0) is 21.7. The molecular formula is C19H19FN4O3S3. The van der Waals surface area contributed by atoms with Gasteiger partial charge in [0, 0.05) is 11.1 Å². The fourth-order valence-corrected chi connectivity index (χ4v) is 5.09. The molecule has 1 N–H and O–H groups in total. The first-order chi connectivity index (χ1) is 14.3. The highest BCUT2D eigenvalue weighted by atomic mass is 32.2. The first kappa shape index (κ1) is 22.2. The molecule has 0 aliphatic heterocycles. The lowest BCUT2D eigenvalue weighted by molar-refractivity contribution is 0.102. The maximum absolute atomic E-state index is 14.0. The van der Waals surface area contributed by atoms with Gasteiger partial charge in [0.1, 0.15) is 5.82 Å². The van der Waals surface area contributed by atoms with Gasteiger partial charge in [0.25, 0.3) is 5.91 Å². The van der Waals surface area contributed by atoms with E-state index in [0.29, 0.717) is 16.4 Å². The monoisotopic (exact) mass is 466 g/mol. The Kier molecular flexibility index (Phi) is 7.06. The molecule has 0 radical (unpaired) electrons. The van der Waals surface area contributed by atoms with Crippen LogP contribution in [0.2, 0.25) is 0 Å². The van der Waals surface area contributed by atoms with Crippen LogP contribution in [0.15, 0.2) is 52.9 Å². The molecule has 11 heteroatoms. The summed E-state index contributed by atoms with van der Waals surface area (Å²) >= 11 is 2.81. The van der Waals surface area contributed by atoms with Gasteiger partial charge >= 0.3 is 0 Å². The number of sulfonamides is 1. The van der Waals surface area contributed by atoms with Crippen LogP contribution in [0.3, 0.4) is 0 Å². The molecule has 1 heterocycles. The van der Waals surface area contributed by atoms with Gasteiger partial charge < -0.3 is 0 Å². The highest BCUT2D eigenvalue weighted by molar-refractivity contribution is 8.01. The van der Waals surface area contributed by atoms with E-state index >= 15 is 0 Å². The molecule has 0 spiro atoms. The second-order valence-corrected chi connectivity index (χ2v) is 10.6. The number of anilines is 2. The van der Waals surface area contributed by atoms with Crippen molar-refractivity contribution in [3.05, 3.63) is 65.5 Å². The number of carbonyl (C=O) groups is 1. The van der Waals surface area contributed by atoms with E-state index in [0.717, 1.165) is 20.7 Å². The van der Waals surface area contributed by atoms with Gasteiger partial charge in [-0.25, -0.2) is 12.8 Å². The summed E-state index contributed by atoms with van der Waals surface area (Å²) in [5.41, 5.74) is 0.912. The summed E-state index contributed by atoms with van der Waals surface area (Å²) in [7, 11) is -3.67. The van der Waals surface area contributed by atoms with Crippen LogP contribution in [0.4, 0.5) is 15.2 Å². The minimum atomic E-state index is -3.67. The Bertz CT molecular complexity index is 1130. The van der Waals surface area contributed by atoms with Crippen molar-refractivity contribution in [1.29, 1.82) is 0 Å². The zero-order valence-corrected chi connectivity index (χ0v) is 18.7. The third-order valence-electron chi connectivity index (χ3n) is 3.98. The van der Waals surface area contributed by atoms with E-state index in [1.165, 1.54) is 59.5 Å². The van der Waals surface area contributed by atoms with E-state index in [4.69, 9.17) is 0 Å². The molecule has 0 unspecified atom stereocenters. The molecule has 158 valence electrons. The molecule has 30 heavy (non-hydrogen) atoms. The molecule has 0 atom stereocenters. The number of hydrogen-bond donors (Lipinski definition) is 1. The molecule has 0 fully saturated rings. The van der Waals surface area contributed by atoms with Gasteiger partial charge in [-0.15, -0.1) is 10.2 Å². The van der Waals surface area contributed by atoms with E-state index in [1.807, 2.05) is 6.92 Å². The van der Waals surface area contributed by atoms with Crippen molar-refractivity contribution < 1.29 is 17.6 Å². The first-order valence-electron chi connectivity index (χ1n) is 8.86. The Morgan fingerprint density at radius 3 is 2.50 bits per heavy atom. The average Bonchev–Trinajstić information content (AvgIpc) is 3.14. The number of aromatic nitrogens is 2. The summed E-state index contributed by atoms with van der Waals surface area (Å²) in [6.07, 6.45) is 1.05. The van der Waals surface area contributed by atoms with Crippen LogP contribution < -0.4 is 9.62 Å². The van der Waals surface area contributed by atoms with Crippen molar-refractivity contribution in [1.82, 2.24) is 10.2 Å². The summed E-state index contributed by atoms with van der Waals surface area (Å²) in [4.78, 5) is 12.4. The normalized spacial score (nSPS) is 11.3. The molecule has 1 aromatic heterocycles. The zero-order valence-electron chi connectivity index (χ0n) is 16.2. The largest absolute Gasteiger partial charge is 0.296 e. The smallest absolute Gasteiger partial charge is 0.257 e. The Balaban J connectivity index is 1.77. The first-order valence-corrected chi connectivity index (χ1v) is 12.5. The van der Waals surface area contributed by atoms with Crippen LogP contribution in [0.25, 0.3) is 0 Å². The predicted octanol–water partition coefficient (Wildman–Crippen LogP) is 4.01. The number of nitrogens with one attached hydrogen (secondary N) is 1. The molecule has 0 bridgehead atoms. The Labute approximate surface area is 182 Å². The number of carbonyl (C=O) groups excluding carboxylic acids is 1. The number of thioether (sulfide) groups is 1. The SMILES string of the molecule is CCSc1nnc(NC(=O)c2ccc(N(Cc3ccccc3F)S(C)(=O)=O)cc2)s1. The summed E-state index contributed by atoms with van der Waals surface area (Å²) in [5.74, 6) is -0.0149. The minimum Gasteiger partial charge on any atom is -0.296 e. The lowest BCUT2D eigenvalue weighted by Gasteiger charge is -2.23. The summed E-state index contributed by atoms with van der Waals surface area (Å²) < 4.78 is 40.4. The molecule has 3 aromatic rings. The van der Waals surface area contributed by atoms with E-state index in [-0.39, 0.29) is 18.0 Å². The molecule has 7 nitrogen and oxygen atoms in total. The second kappa shape index (κ2) is 9.54. The molecule has 0 saturated carbocycles.